The fourth-order valence-electron chi connectivity index (χ4n) is 11.5. The molecule has 10 heteroatoms. The van der Waals surface area contributed by atoms with Crippen LogP contribution in [0, 0.1) is 0 Å². The van der Waals surface area contributed by atoms with Crippen LogP contribution in [-0.4, -0.2) is 70.0 Å². The van der Waals surface area contributed by atoms with Crippen molar-refractivity contribution in [2.45, 2.75) is 380 Å². The number of likely N-dealkylation sites (N-methyl/N-ethyl adjacent to an activating group) is 1. The minimum Gasteiger partial charge on any atom is -0.756 e. The number of quaternary nitrogens is 1. The number of nitrogens with zero attached hydrogens (tertiary/aromatic N) is 1. The molecule has 0 aliphatic heterocycles. The Morgan fingerprint density at radius 2 is 0.606 bits per heavy atom. The first-order valence-electron chi connectivity index (χ1n) is 39.9. The van der Waals surface area contributed by atoms with E-state index in [0.717, 1.165) is 83.5 Å². The molecule has 0 bridgehead atoms. The summed E-state index contributed by atoms with van der Waals surface area (Å²) in [4.78, 5) is 38.2. The molecule has 0 radical (unpaired) electrons. The van der Waals surface area contributed by atoms with Crippen LogP contribution in [0.5, 0.6) is 0 Å². The Morgan fingerprint density at radius 3 is 0.915 bits per heavy atom. The summed E-state index contributed by atoms with van der Waals surface area (Å²) >= 11 is 0. The molecule has 2 unspecified atom stereocenters. The van der Waals surface area contributed by atoms with Crippen LogP contribution in [0.2, 0.25) is 0 Å². The van der Waals surface area contributed by atoms with E-state index in [1.165, 1.54) is 257 Å². The lowest BCUT2D eigenvalue weighted by atomic mass is 10.0. The van der Waals surface area contributed by atoms with Gasteiger partial charge in [0.05, 0.1) is 27.7 Å². The fraction of sp³-hybridized carbons (Fsp3) is 0.786. The number of hydrogen-bond acceptors (Lipinski definition) is 8. The van der Waals surface area contributed by atoms with Gasteiger partial charge in [-0.3, -0.25) is 14.2 Å². The van der Waals surface area contributed by atoms with Crippen LogP contribution in [0.4, 0.5) is 0 Å². The molecule has 0 rings (SSSR count). The predicted molar refractivity (Wildman–Crippen MR) is 406 cm³/mol. The maximum atomic E-state index is 12.9. The molecule has 0 saturated carbocycles. The third-order valence-corrected chi connectivity index (χ3v) is 18.6. The lowest BCUT2D eigenvalue weighted by Gasteiger charge is -2.28. The monoisotopic (exact) mass is 1330 g/mol. The average Bonchev–Trinajstić information content (AvgIpc) is 1.57. The Labute approximate surface area is 583 Å². The minimum atomic E-state index is -4.65. The molecular formula is C84H152NO8P. The van der Waals surface area contributed by atoms with Gasteiger partial charge in [-0.05, 0) is 96.3 Å². The number of hydrogen-bond donors (Lipinski definition) is 0. The molecule has 0 aromatic carbocycles. The van der Waals surface area contributed by atoms with Gasteiger partial charge in [-0.15, -0.1) is 0 Å². The second-order valence-electron chi connectivity index (χ2n) is 28.0. The highest BCUT2D eigenvalue weighted by atomic mass is 31.2. The number of phosphoric acid groups is 1. The molecule has 0 aliphatic carbocycles. The zero-order chi connectivity index (χ0) is 68.3. The second kappa shape index (κ2) is 74.2. The van der Waals surface area contributed by atoms with Crippen molar-refractivity contribution in [3.05, 3.63) is 97.2 Å². The number of rotatable bonds is 74. The Morgan fingerprint density at radius 1 is 0.340 bits per heavy atom. The molecule has 546 valence electrons. The van der Waals surface area contributed by atoms with Crippen LogP contribution in [0.25, 0.3) is 0 Å². The maximum absolute atomic E-state index is 12.9. The van der Waals surface area contributed by atoms with Crippen molar-refractivity contribution in [3.63, 3.8) is 0 Å². The van der Waals surface area contributed by atoms with Crippen LogP contribution < -0.4 is 4.89 Å². The van der Waals surface area contributed by atoms with Crippen molar-refractivity contribution < 1.29 is 42.1 Å². The molecule has 0 aliphatic rings. The van der Waals surface area contributed by atoms with Crippen molar-refractivity contribution in [3.8, 4) is 0 Å². The maximum Gasteiger partial charge on any atom is 0.306 e. The van der Waals surface area contributed by atoms with Gasteiger partial charge < -0.3 is 27.9 Å². The largest absolute Gasteiger partial charge is 0.756 e. The molecule has 0 amide bonds. The third-order valence-electron chi connectivity index (χ3n) is 17.6. The number of carbonyl (C=O) groups excluding carboxylic acids is 2. The van der Waals surface area contributed by atoms with E-state index in [-0.39, 0.29) is 32.0 Å². The van der Waals surface area contributed by atoms with E-state index in [2.05, 4.69) is 111 Å². The van der Waals surface area contributed by atoms with Crippen LogP contribution >= 0.6 is 7.82 Å². The van der Waals surface area contributed by atoms with Crippen LogP contribution in [-0.2, 0) is 32.7 Å². The van der Waals surface area contributed by atoms with Crippen molar-refractivity contribution in [1.29, 1.82) is 0 Å². The number of esters is 2. The molecule has 9 nitrogen and oxygen atoms in total. The molecule has 0 N–H and O–H groups in total. The van der Waals surface area contributed by atoms with E-state index in [1.807, 2.05) is 21.1 Å². The van der Waals surface area contributed by atoms with Crippen LogP contribution in [0.3, 0.4) is 0 Å². The summed E-state index contributed by atoms with van der Waals surface area (Å²) in [6, 6.07) is 0. The zero-order valence-corrected chi connectivity index (χ0v) is 63.3. The van der Waals surface area contributed by atoms with E-state index in [9.17, 15) is 19.0 Å². The molecule has 2 atom stereocenters. The van der Waals surface area contributed by atoms with Gasteiger partial charge in [0.15, 0.2) is 6.10 Å². The quantitative estimate of drug-likeness (QED) is 0.0195. The summed E-state index contributed by atoms with van der Waals surface area (Å²) < 4.78 is 34.4. The minimum absolute atomic E-state index is 0.0306. The van der Waals surface area contributed by atoms with Gasteiger partial charge in [0, 0.05) is 12.8 Å². The Hall–Kier alpha value is -3.07. The van der Waals surface area contributed by atoms with Gasteiger partial charge in [-0.25, -0.2) is 0 Å². The van der Waals surface area contributed by atoms with Gasteiger partial charge >= 0.3 is 11.9 Å². The number of allylic oxidation sites excluding steroid dienone is 16. The number of carbonyl (C=O) groups is 2. The normalized spacial score (nSPS) is 13.6. The summed E-state index contributed by atoms with van der Waals surface area (Å²) in [5.41, 5.74) is 0. The van der Waals surface area contributed by atoms with Gasteiger partial charge in [0.1, 0.15) is 19.8 Å². The summed E-state index contributed by atoms with van der Waals surface area (Å²) in [5, 5.41) is 0. The van der Waals surface area contributed by atoms with Crippen LogP contribution in [0.15, 0.2) is 97.2 Å². The first-order valence-corrected chi connectivity index (χ1v) is 41.4. The Kier molecular flexibility index (Phi) is 71.7. The lowest BCUT2D eigenvalue weighted by Crippen LogP contribution is -2.37. The van der Waals surface area contributed by atoms with Crippen molar-refractivity contribution in [1.82, 2.24) is 0 Å². The summed E-state index contributed by atoms with van der Waals surface area (Å²) in [7, 11) is 1.18. The summed E-state index contributed by atoms with van der Waals surface area (Å²) in [6.07, 6.45) is 104. The van der Waals surface area contributed by atoms with E-state index in [0.29, 0.717) is 17.4 Å². The highest BCUT2D eigenvalue weighted by Crippen LogP contribution is 2.38. The first kappa shape index (κ1) is 90.9. The van der Waals surface area contributed by atoms with E-state index < -0.39 is 26.5 Å². The Bertz CT molecular complexity index is 1910. The number of phosphoric ester groups is 1. The third kappa shape index (κ3) is 77.9. The van der Waals surface area contributed by atoms with E-state index in [4.69, 9.17) is 18.5 Å². The molecular weight excluding hydrogens is 1180 g/mol. The van der Waals surface area contributed by atoms with Crippen molar-refractivity contribution in [2.24, 2.45) is 0 Å². The van der Waals surface area contributed by atoms with Crippen LogP contribution in [0.1, 0.15) is 373 Å². The molecule has 0 fully saturated rings. The van der Waals surface area contributed by atoms with Gasteiger partial charge in [0.25, 0.3) is 7.82 Å². The zero-order valence-electron chi connectivity index (χ0n) is 62.4. The van der Waals surface area contributed by atoms with Crippen molar-refractivity contribution in [2.75, 3.05) is 47.5 Å². The van der Waals surface area contributed by atoms with Gasteiger partial charge in [-0.2, -0.15) is 0 Å². The second-order valence-corrected chi connectivity index (χ2v) is 29.5. The standard InChI is InChI=1S/C84H152NO8P/c1-6-8-10-12-14-16-18-20-22-24-26-28-30-32-34-36-37-38-39-40-41-42-43-44-45-46-47-49-51-53-55-57-59-61-63-65-67-69-71-73-75-77-84(87)93-82(81-92-94(88,89)91-79-78-85(3,4)5)80-90-83(86)76-74-72-70-68-66-64-62-60-58-56-54-52-50-48-35-33-31-29-27-25-23-21-19-17-15-13-11-9-7-2/h8,10,14,16,20,22,25-28,32,34,37-38,40-41,82H,6-7,9,11-13,15,17-19,21,23-24,29-31,33,35-36,39,42-81H2,1-5H3/b10-8-,16-14-,22-20-,27-25-,28-26-,34-32-,38-37-,41-40-. The number of unbranched alkanes of at least 4 members (excludes halogenated alkanes) is 44. The number of ether oxygens (including phenoxy) is 2. The SMILES string of the molecule is CC/C=C\C/C=C\C/C=C\C/C=C\C/C=C\C/C=C\C/C=C\CCCCCCCCCCCCCCCCCCCCCC(=O)OC(COC(=O)CCCCCCCCCCCCCCCCCCC/C=C\CCCCCCCCCC)COP(=O)([O-])OCC[N+](C)(C)C. The molecule has 0 aromatic rings. The summed E-state index contributed by atoms with van der Waals surface area (Å²) in [5.74, 6) is -0.816. The Balaban J connectivity index is 3.94. The van der Waals surface area contributed by atoms with Gasteiger partial charge in [0.2, 0.25) is 0 Å². The fourth-order valence-corrected chi connectivity index (χ4v) is 12.2. The van der Waals surface area contributed by atoms with Crippen molar-refractivity contribution >= 4 is 19.8 Å². The average molecular weight is 1340 g/mol. The first-order chi connectivity index (χ1) is 46.0. The molecule has 0 heterocycles. The lowest BCUT2D eigenvalue weighted by molar-refractivity contribution is -0.870. The molecule has 0 aromatic heterocycles. The highest BCUT2D eigenvalue weighted by Gasteiger charge is 2.22. The van der Waals surface area contributed by atoms with E-state index in [1.54, 1.807) is 0 Å². The predicted octanol–water partition coefficient (Wildman–Crippen LogP) is 26.0. The summed E-state index contributed by atoms with van der Waals surface area (Å²) in [6.45, 7) is 4.18. The smallest absolute Gasteiger partial charge is 0.306 e. The topological polar surface area (TPSA) is 111 Å². The molecule has 0 spiro atoms. The molecule has 94 heavy (non-hydrogen) atoms. The molecule has 0 saturated heterocycles. The van der Waals surface area contributed by atoms with Gasteiger partial charge in [-0.1, -0.05) is 361 Å². The van der Waals surface area contributed by atoms with E-state index >= 15 is 0 Å². The highest BCUT2D eigenvalue weighted by molar-refractivity contribution is 7.45.